The van der Waals surface area contributed by atoms with Gasteiger partial charge in [0.15, 0.2) is 11.5 Å². The highest BCUT2D eigenvalue weighted by molar-refractivity contribution is 9.09. The van der Waals surface area contributed by atoms with Gasteiger partial charge in [0.05, 0.1) is 7.11 Å². The standard InChI is InChI=1S/C14H19BrO2/c1-4-14(2)12(15)9-13(14)17-11-8-6-5-7-10(11)16-3/h5-8,12-13H,4,9H2,1-3H3. The molecule has 1 aliphatic carbocycles. The molecule has 1 saturated carbocycles. The average Bonchev–Trinajstić information content (AvgIpc) is 2.37. The number of halogens is 1. The summed E-state index contributed by atoms with van der Waals surface area (Å²) in [5.41, 5.74) is 0.223. The molecule has 1 aromatic carbocycles. The van der Waals surface area contributed by atoms with E-state index in [1.54, 1.807) is 7.11 Å². The molecule has 0 spiro atoms. The zero-order chi connectivity index (χ0) is 12.5. The maximum Gasteiger partial charge on any atom is 0.161 e. The number of rotatable bonds is 4. The van der Waals surface area contributed by atoms with Gasteiger partial charge >= 0.3 is 0 Å². The van der Waals surface area contributed by atoms with Crippen molar-refractivity contribution in [1.29, 1.82) is 0 Å². The molecule has 0 saturated heterocycles. The van der Waals surface area contributed by atoms with Crippen LogP contribution in [0.2, 0.25) is 0 Å². The summed E-state index contributed by atoms with van der Waals surface area (Å²) in [5, 5.41) is 0. The van der Waals surface area contributed by atoms with Gasteiger partial charge in [0.25, 0.3) is 0 Å². The molecular weight excluding hydrogens is 280 g/mol. The van der Waals surface area contributed by atoms with Crippen molar-refractivity contribution in [2.75, 3.05) is 7.11 Å². The van der Waals surface area contributed by atoms with Gasteiger partial charge in [-0.15, -0.1) is 0 Å². The van der Waals surface area contributed by atoms with E-state index in [4.69, 9.17) is 9.47 Å². The fourth-order valence-electron chi connectivity index (χ4n) is 2.27. The SMILES string of the molecule is CCC1(C)C(Br)CC1Oc1ccccc1OC. The van der Waals surface area contributed by atoms with Gasteiger partial charge < -0.3 is 9.47 Å². The van der Waals surface area contributed by atoms with Crippen LogP contribution in [-0.2, 0) is 0 Å². The monoisotopic (exact) mass is 298 g/mol. The van der Waals surface area contributed by atoms with Crippen LogP contribution in [0.3, 0.4) is 0 Å². The van der Waals surface area contributed by atoms with Crippen molar-refractivity contribution in [3.05, 3.63) is 24.3 Å². The molecule has 2 rings (SSSR count). The van der Waals surface area contributed by atoms with Crippen molar-refractivity contribution in [2.45, 2.75) is 37.6 Å². The van der Waals surface area contributed by atoms with Gasteiger partial charge in [-0.2, -0.15) is 0 Å². The van der Waals surface area contributed by atoms with E-state index in [1.165, 1.54) is 0 Å². The van der Waals surface area contributed by atoms with E-state index in [-0.39, 0.29) is 11.5 Å². The molecule has 0 aromatic heterocycles. The molecule has 0 radical (unpaired) electrons. The molecule has 2 nitrogen and oxygen atoms in total. The first-order chi connectivity index (χ1) is 8.11. The van der Waals surface area contributed by atoms with Crippen LogP contribution in [0, 0.1) is 5.41 Å². The lowest BCUT2D eigenvalue weighted by atomic mass is 9.65. The lowest BCUT2D eigenvalue weighted by molar-refractivity contribution is -0.0256. The summed E-state index contributed by atoms with van der Waals surface area (Å²) < 4.78 is 11.4. The second kappa shape index (κ2) is 4.89. The van der Waals surface area contributed by atoms with Gasteiger partial charge in [-0.3, -0.25) is 0 Å². The normalized spacial score (nSPS) is 31.8. The van der Waals surface area contributed by atoms with Gasteiger partial charge in [-0.25, -0.2) is 0 Å². The molecule has 0 heterocycles. The molecule has 1 fully saturated rings. The minimum Gasteiger partial charge on any atom is -0.493 e. The Kier molecular flexibility index (Phi) is 3.67. The van der Waals surface area contributed by atoms with E-state index in [9.17, 15) is 0 Å². The lowest BCUT2D eigenvalue weighted by Crippen LogP contribution is -2.54. The molecule has 17 heavy (non-hydrogen) atoms. The second-order valence-electron chi connectivity index (χ2n) is 4.82. The van der Waals surface area contributed by atoms with Gasteiger partial charge in [0.1, 0.15) is 6.10 Å². The highest BCUT2D eigenvalue weighted by Crippen LogP contribution is 2.50. The number of methoxy groups -OCH3 is 1. The first-order valence-electron chi connectivity index (χ1n) is 6.05. The first-order valence-corrected chi connectivity index (χ1v) is 6.97. The maximum atomic E-state index is 6.09. The van der Waals surface area contributed by atoms with Crippen molar-refractivity contribution < 1.29 is 9.47 Å². The summed E-state index contributed by atoms with van der Waals surface area (Å²) in [6.07, 6.45) is 2.44. The van der Waals surface area contributed by atoms with E-state index >= 15 is 0 Å². The zero-order valence-electron chi connectivity index (χ0n) is 10.6. The Morgan fingerprint density at radius 1 is 1.35 bits per heavy atom. The Balaban J connectivity index is 2.12. The van der Waals surface area contributed by atoms with E-state index in [0.29, 0.717) is 4.83 Å². The Morgan fingerprint density at radius 2 is 2.00 bits per heavy atom. The van der Waals surface area contributed by atoms with Gasteiger partial charge in [0.2, 0.25) is 0 Å². The number of hydrogen-bond donors (Lipinski definition) is 0. The summed E-state index contributed by atoms with van der Waals surface area (Å²) in [4.78, 5) is 0.555. The largest absolute Gasteiger partial charge is 0.493 e. The molecule has 0 bridgehead atoms. The van der Waals surface area contributed by atoms with Crippen LogP contribution in [-0.4, -0.2) is 18.0 Å². The molecular formula is C14H19BrO2. The Bertz CT molecular complexity index is 394. The molecule has 0 aliphatic heterocycles. The predicted molar refractivity (Wildman–Crippen MR) is 73.1 cm³/mol. The van der Waals surface area contributed by atoms with Crippen LogP contribution >= 0.6 is 15.9 Å². The number of para-hydroxylation sites is 2. The molecule has 94 valence electrons. The molecule has 1 aliphatic rings. The Hall–Kier alpha value is -0.700. The Morgan fingerprint density at radius 3 is 2.53 bits per heavy atom. The number of ether oxygens (including phenoxy) is 2. The van der Waals surface area contributed by atoms with E-state index < -0.39 is 0 Å². The second-order valence-corrected chi connectivity index (χ2v) is 5.93. The highest BCUT2D eigenvalue weighted by Gasteiger charge is 2.51. The third kappa shape index (κ3) is 2.17. The molecule has 3 heteroatoms. The average molecular weight is 299 g/mol. The van der Waals surface area contributed by atoms with Crippen molar-refractivity contribution in [1.82, 2.24) is 0 Å². The highest BCUT2D eigenvalue weighted by atomic mass is 79.9. The smallest absolute Gasteiger partial charge is 0.161 e. The molecule has 0 amide bonds. The fourth-order valence-corrected chi connectivity index (χ4v) is 3.23. The maximum absolute atomic E-state index is 6.09. The molecule has 0 N–H and O–H groups in total. The number of alkyl halides is 1. The van der Waals surface area contributed by atoms with Crippen LogP contribution in [0.25, 0.3) is 0 Å². The van der Waals surface area contributed by atoms with Crippen LogP contribution in [0.5, 0.6) is 11.5 Å². The van der Waals surface area contributed by atoms with Gasteiger partial charge in [-0.05, 0) is 25.0 Å². The lowest BCUT2D eigenvalue weighted by Gasteiger charge is -2.50. The van der Waals surface area contributed by atoms with Gasteiger partial charge in [0, 0.05) is 10.2 Å². The minimum atomic E-state index is 0.223. The molecule has 1 aromatic rings. The van der Waals surface area contributed by atoms with Gasteiger partial charge in [-0.1, -0.05) is 41.9 Å². The number of benzene rings is 1. The predicted octanol–water partition coefficient (Wildman–Crippen LogP) is 4.03. The van der Waals surface area contributed by atoms with Crippen LogP contribution in [0.15, 0.2) is 24.3 Å². The molecule has 3 atom stereocenters. The third-order valence-corrected chi connectivity index (χ3v) is 5.39. The van der Waals surface area contributed by atoms with Crippen LogP contribution < -0.4 is 9.47 Å². The zero-order valence-corrected chi connectivity index (χ0v) is 12.2. The summed E-state index contributed by atoms with van der Waals surface area (Å²) in [6.45, 7) is 4.49. The van der Waals surface area contributed by atoms with Crippen molar-refractivity contribution >= 4 is 15.9 Å². The third-order valence-electron chi connectivity index (χ3n) is 3.97. The van der Waals surface area contributed by atoms with Crippen molar-refractivity contribution in [3.8, 4) is 11.5 Å². The fraction of sp³-hybridized carbons (Fsp3) is 0.571. The molecule has 3 unspecified atom stereocenters. The topological polar surface area (TPSA) is 18.5 Å². The summed E-state index contributed by atoms with van der Waals surface area (Å²) >= 11 is 3.72. The quantitative estimate of drug-likeness (QED) is 0.782. The first kappa shape index (κ1) is 12.7. The summed E-state index contributed by atoms with van der Waals surface area (Å²) in [5.74, 6) is 1.66. The Labute approximate surface area is 111 Å². The summed E-state index contributed by atoms with van der Waals surface area (Å²) in [6, 6.07) is 7.84. The van der Waals surface area contributed by atoms with Crippen molar-refractivity contribution in [2.24, 2.45) is 5.41 Å². The van der Waals surface area contributed by atoms with E-state index in [0.717, 1.165) is 24.3 Å². The van der Waals surface area contributed by atoms with E-state index in [1.807, 2.05) is 24.3 Å². The minimum absolute atomic E-state index is 0.223. The van der Waals surface area contributed by atoms with Crippen LogP contribution in [0.1, 0.15) is 26.7 Å². The number of hydrogen-bond acceptors (Lipinski definition) is 2. The summed E-state index contributed by atoms with van der Waals surface area (Å²) in [7, 11) is 1.68. The van der Waals surface area contributed by atoms with E-state index in [2.05, 4.69) is 29.8 Å². The van der Waals surface area contributed by atoms with Crippen LogP contribution in [0.4, 0.5) is 0 Å². The van der Waals surface area contributed by atoms with Crippen molar-refractivity contribution in [3.63, 3.8) is 0 Å².